The van der Waals surface area contributed by atoms with Gasteiger partial charge in [-0.25, -0.2) is 4.98 Å². The van der Waals surface area contributed by atoms with Gasteiger partial charge in [-0.15, -0.1) is 0 Å². The van der Waals surface area contributed by atoms with Crippen molar-refractivity contribution in [3.05, 3.63) is 40.9 Å². The first-order chi connectivity index (χ1) is 9.58. The Hall–Kier alpha value is -2.70. The second kappa shape index (κ2) is 5.96. The molecular weight excluding hydrogens is 262 g/mol. The van der Waals surface area contributed by atoms with E-state index in [9.17, 15) is 19.5 Å². The predicted octanol–water partition coefficient (Wildman–Crippen LogP) is -1.35. The number of amides is 1. The molecule has 7 heteroatoms. The van der Waals surface area contributed by atoms with E-state index in [0.29, 0.717) is 10.9 Å². The van der Waals surface area contributed by atoms with Gasteiger partial charge in [-0.2, -0.15) is 0 Å². The number of benzene rings is 1. The lowest BCUT2D eigenvalue weighted by atomic mass is 10.2. The molecule has 0 aliphatic carbocycles. The highest BCUT2D eigenvalue weighted by Gasteiger charge is 2.07. The van der Waals surface area contributed by atoms with Crippen molar-refractivity contribution in [3.63, 3.8) is 0 Å². The number of carbonyl (C=O) groups is 2. The Kier molecular flexibility index (Phi) is 4.09. The number of carboxylic acid groups (broad SMARTS) is 1. The first kappa shape index (κ1) is 13.7. The largest absolute Gasteiger partial charge is 0.550 e. The van der Waals surface area contributed by atoms with Crippen LogP contribution in [0, 0.1) is 0 Å². The van der Waals surface area contributed by atoms with E-state index in [2.05, 4.69) is 10.3 Å². The molecular formula is C13H12N3O4-. The quantitative estimate of drug-likeness (QED) is 0.726. The molecule has 1 amide bonds. The van der Waals surface area contributed by atoms with Gasteiger partial charge >= 0.3 is 0 Å². The Balaban J connectivity index is 2.10. The zero-order valence-corrected chi connectivity index (χ0v) is 10.5. The molecule has 2 aromatic rings. The number of hydrogen-bond acceptors (Lipinski definition) is 5. The summed E-state index contributed by atoms with van der Waals surface area (Å²) in [6.45, 7) is -0.235. The molecule has 1 aromatic heterocycles. The zero-order chi connectivity index (χ0) is 14.5. The third-order valence-corrected chi connectivity index (χ3v) is 2.70. The minimum Gasteiger partial charge on any atom is -0.550 e. The summed E-state index contributed by atoms with van der Waals surface area (Å²) >= 11 is 0. The molecule has 104 valence electrons. The number of para-hydroxylation sites is 1. The number of carbonyl (C=O) groups excluding carboxylic acids is 2. The highest BCUT2D eigenvalue weighted by atomic mass is 16.4. The van der Waals surface area contributed by atoms with E-state index in [1.807, 2.05) is 0 Å². The molecule has 1 N–H and O–H groups in total. The number of hydrogen-bond donors (Lipinski definition) is 1. The maximum atomic E-state index is 12.1. The molecule has 0 radical (unpaired) electrons. The molecule has 2 rings (SSSR count). The molecule has 0 saturated carbocycles. The van der Waals surface area contributed by atoms with Gasteiger partial charge in [-0.05, 0) is 12.1 Å². The lowest BCUT2D eigenvalue weighted by molar-refractivity contribution is -0.305. The molecule has 0 unspecified atom stereocenters. The summed E-state index contributed by atoms with van der Waals surface area (Å²) in [4.78, 5) is 37.9. The highest BCUT2D eigenvalue weighted by Crippen LogP contribution is 2.04. The van der Waals surface area contributed by atoms with Crippen LogP contribution >= 0.6 is 0 Å². The van der Waals surface area contributed by atoms with Gasteiger partial charge in [0.25, 0.3) is 5.56 Å². The molecule has 0 saturated heterocycles. The van der Waals surface area contributed by atoms with E-state index < -0.39 is 11.9 Å². The van der Waals surface area contributed by atoms with Crippen LogP contribution in [0.2, 0.25) is 0 Å². The van der Waals surface area contributed by atoms with Crippen molar-refractivity contribution in [1.82, 2.24) is 14.9 Å². The molecule has 1 heterocycles. The molecule has 0 aliphatic heterocycles. The van der Waals surface area contributed by atoms with Gasteiger partial charge in [0.2, 0.25) is 5.91 Å². The van der Waals surface area contributed by atoms with Crippen LogP contribution < -0.4 is 16.0 Å². The van der Waals surface area contributed by atoms with Crippen LogP contribution in [-0.4, -0.2) is 28.0 Å². The summed E-state index contributed by atoms with van der Waals surface area (Å²) < 4.78 is 1.18. The molecule has 1 aromatic carbocycles. The monoisotopic (exact) mass is 274 g/mol. The standard InChI is InChI=1S/C13H13N3O4/c17-11(14-6-5-12(18)19)7-16-8-15-10-4-2-1-3-9(10)13(16)20/h1-4,8H,5-7H2,(H,14,17)(H,18,19)/p-1. The van der Waals surface area contributed by atoms with Crippen LogP contribution in [0.1, 0.15) is 6.42 Å². The number of carboxylic acids is 1. The third-order valence-electron chi connectivity index (χ3n) is 2.70. The van der Waals surface area contributed by atoms with Crippen molar-refractivity contribution in [2.75, 3.05) is 6.54 Å². The van der Waals surface area contributed by atoms with Crippen LogP contribution in [0.4, 0.5) is 0 Å². The van der Waals surface area contributed by atoms with Gasteiger partial charge in [0.05, 0.1) is 17.2 Å². The predicted molar refractivity (Wildman–Crippen MR) is 68.6 cm³/mol. The van der Waals surface area contributed by atoms with Crippen molar-refractivity contribution in [1.29, 1.82) is 0 Å². The van der Waals surface area contributed by atoms with Crippen molar-refractivity contribution in [2.45, 2.75) is 13.0 Å². The lowest BCUT2D eigenvalue weighted by Gasteiger charge is -2.08. The number of fused-ring (bicyclic) bond motifs is 1. The SMILES string of the molecule is O=C([O-])CCNC(=O)Cn1cnc2ccccc2c1=O. The minimum atomic E-state index is -1.24. The van der Waals surface area contributed by atoms with Crippen molar-refractivity contribution >= 4 is 22.8 Å². The van der Waals surface area contributed by atoms with Crippen LogP contribution in [0.3, 0.4) is 0 Å². The Bertz CT molecular complexity index is 708. The fraction of sp³-hybridized carbons (Fsp3) is 0.231. The molecule has 0 atom stereocenters. The summed E-state index contributed by atoms with van der Waals surface area (Å²) in [7, 11) is 0. The van der Waals surface area contributed by atoms with Gasteiger partial charge in [-0.3, -0.25) is 14.2 Å². The Morgan fingerprint density at radius 1 is 1.30 bits per heavy atom. The second-order valence-corrected chi connectivity index (χ2v) is 4.17. The summed E-state index contributed by atoms with van der Waals surface area (Å²) in [6.07, 6.45) is 1.03. The molecule has 0 bridgehead atoms. The minimum absolute atomic E-state index is 0.0308. The van der Waals surface area contributed by atoms with Gasteiger partial charge in [-0.1, -0.05) is 12.1 Å². The maximum absolute atomic E-state index is 12.1. The summed E-state index contributed by atoms with van der Waals surface area (Å²) in [6, 6.07) is 6.83. The fourth-order valence-corrected chi connectivity index (χ4v) is 1.73. The Morgan fingerprint density at radius 2 is 2.05 bits per heavy atom. The number of aromatic nitrogens is 2. The van der Waals surface area contributed by atoms with Gasteiger partial charge in [0.15, 0.2) is 0 Å². The Morgan fingerprint density at radius 3 is 2.80 bits per heavy atom. The van der Waals surface area contributed by atoms with E-state index in [-0.39, 0.29) is 25.1 Å². The molecule has 0 spiro atoms. The summed E-state index contributed by atoms with van der Waals surface area (Å²) in [5.74, 6) is -1.69. The maximum Gasteiger partial charge on any atom is 0.261 e. The number of aliphatic carboxylic acids is 1. The van der Waals surface area contributed by atoms with Crippen LogP contribution in [0.25, 0.3) is 10.9 Å². The zero-order valence-electron chi connectivity index (χ0n) is 10.5. The molecule has 0 aliphatic rings. The van der Waals surface area contributed by atoms with Crippen LogP contribution in [0.5, 0.6) is 0 Å². The lowest BCUT2D eigenvalue weighted by Crippen LogP contribution is -2.35. The second-order valence-electron chi connectivity index (χ2n) is 4.17. The Labute approximate surface area is 113 Å². The smallest absolute Gasteiger partial charge is 0.261 e. The number of rotatable bonds is 5. The normalized spacial score (nSPS) is 10.4. The van der Waals surface area contributed by atoms with Crippen LogP contribution in [0.15, 0.2) is 35.4 Å². The van der Waals surface area contributed by atoms with Crippen molar-refractivity contribution < 1.29 is 14.7 Å². The average Bonchev–Trinajstić information content (AvgIpc) is 2.42. The third kappa shape index (κ3) is 3.19. The van der Waals surface area contributed by atoms with E-state index in [0.717, 1.165) is 0 Å². The van der Waals surface area contributed by atoms with E-state index in [1.165, 1.54) is 10.9 Å². The molecule has 0 fully saturated rings. The molecule has 20 heavy (non-hydrogen) atoms. The first-order valence-electron chi connectivity index (χ1n) is 5.98. The van der Waals surface area contributed by atoms with Gasteiger partial charge < -0.3 is 15.2 Å². The highest BCUT2D eigenvalue weighted by molar-refractivity contribution is 5.79. The van der Waals surface area contributed by atoms with E-state index >= 15 is 0 Å². The van der Waals surface area contributed by atoms with Crippen molar-refractivity contribution in [2.24, 2.45) is 0 Å². The first-order valence-corrected chi connectivity index (χ1v) is 5.98. The summed E-state index contributed by atoms with van der Waals surface area (Å²) in [5, 5.41) is 13.0. The van der Waals surface area contributed by atoms with Gasteiger partial charge in [0, 0.05) is 18.9 Å². The number of nitrogens with zero attached hydrogens (tertiary/aromatic N) is 2. The van der Waals surface area contributed by atoms with Crippen molar-refractivity contribution in [3.8, 4) is 0 Å². The van der Waals surface area contributed by atoms with Gasteiger partial charge in [0.1, 0.15) is 6.54 Å². The molecule has 7 nitrogen and oxygen atoms in total. The average molecular weight is 274 g/mol. The summed E-state index contributed by atoms with van der Waals surface area (Å²) in [5.41, 5.74) is 0.247. The number of nitrogens with one attached hydrogen (secondary N) is 1. The van der Waals surface area contributed by atoms with E-state index in [1.54, 1.807) is 24.3 Å². The fourth-order valence-electron chi connectivity index (χ4n) is 1.73. The topological polar surface area (TPSA) is 104 Å². The van der Waals surface area contributed by atoms with E-state index in [4.69, 9.17) is 0 Å². The van der Waals surface area contributed by atoms with Crippen LogP contribution in [-0.2, 0) is 16.1 Å².